The summed E-state index contributed by atoms with van der Waals surface area (Å²) in [6, 6.07) is 0. The summed E-state index contributed by atoms with van der Waals surface area (Å²) in [5, 5.41) is 8.79. The van der Waals surface area contributed by atoms with Crippen LogP contribution in [-0.4, -0.2) is 38.6 Å². The molecule has 0 saturated carbocycles. The van der Waals surface area contributed by atoms with Crippen LogP contribution in [0.3, 0.4) is 0 Å². The van der Waals surface area contributed by atoms with Crippen LogP contribution < -0.4 is 0 Å². The lowest BCUT2D eigenvalue weighted by Crippen LogP contribution is -2.20. The van der Waals surface area contributed by atoms with Crippen molar-refractivity contribution in [3.05, 3.63) is 17.7 Å². The second kappa shape index (κ2) is 4.02. The van der Waals surface area contributed by atoms with E-state index in [9.17, 15) is 4.79 Å². The number of aryl methyl sites for hydroxylation is 1. The number of nitrogens with zero attached hydrogens (tertiary/aromatic N) is 3. The van der Waals surface area contributed by atoms with Crippen molar-refractivity contribution in [3.8, 4) is 0 Å². The topological polar surface area (TPSA) is 58.4 Å². The van der Waals surface area contributed by atoms with Gasteiger partial charge in [-0.2, -0.15) is 0 Å². The first kappa shape index (κ1) is 10.2. The van der Waals surface area contributed by atoms with E-state index in [1.165, 1.54) is 12.8 Å². The largest absolute Gasteiger partial charge is 0.476 e. The molecule has 0 spiro atoms. The summed E-state index contributed by atoms with van der Waals surface area (Å²) in [6.07, 6.45) is 4.03. The van der Waals surface area contributed by atoms with Crippen molar-refractivity contribution in [3.63, 3.8) is 0 Å². The molecule has 1 saturated heterocycles. The molecule has 82 valence electrons. The highest BCUT2D eigenvalue weighted by atomic mass is 16.4. The van der Waals surface area contributed by atoms with Crippen LogP contribution in [0.5, 0.6) is 0 Å². The molecule has 1 aromatic rings. The predicted octanol–water partition coefficient (Wildman–Crippen LogP) is 0.714. The molecular formula is C10H15N3O2. The maximum atomic E-state index is 10.7. The zero-order valence-electron chi connectivity index (χ0n) is 8.81. The zero-order valence-corrected chi connectivity index (χ0v) is 8.81. The Morgan fingerprint density at radius 3 is 2.73 bits per heavy atom. The van der Waals surface area contributed by atoms with Gasteiger partial charge in [-0.15, -0.1) is 0 Å². The lowest BCUT2D eigenvalue weighted by atomic mass is 10.4. The first-order valence-corrected chi connectivity index (χ1v) is 5.14. The quantitative estimate of drug-likeness (QED) is 0.796. The highest BCUT2D eigenvalue weighted by Gasteiger charge is 2.16. The number of rotatable bonds is 3. The minimum Gasteiger partial charge on any atom is -0.476 e. The van der Waals surface area contributed by atoms with Crippen LogP contribution in [0.2, 0.25) is 0 Å². The maximum absolute atomic E-state index is 10.7. The van der Waals surface area contributed by atoms with Gasteiger partial charge in [-0.1, -0.05) is 0 Å². The third kappa shape index (κ3) is 2.18. The van der Waals surface area contributed by atoms with Crippen LogP contribution in [0.15, 0.2) is 6.20 Å². The van der Waals surface area contributed by atoms with E-state index in [4.69, 9.17) is 5.11 Å². The lowest BCUT2D eigenvalue weighted by molar-refractivity contribution is 0.0690. The Labute approximate surface area is 88.3 Å². The van der Waals surface area contributed by atoms with E-state index >= 15 is 0 Å². The molecule has 2 heterocycles. The van der Waals surface area contributed by atoms with Gasteiger partial charge in [0.2, 0.25) is 0 Å². The van der Waals surface area contributed by atoms with Gasteiger partial charge in [-0.05, 0) is 25.9 Å². The van der Waals surface area contributed by atoms with Gasteiger partial charge in [0.05, 0.1) is 6.54 Å². The molecule has 5 heteroatoms. The summed E-state index contributed by atoms with van der Waals surface area (Å²) in [7, 11) is 1.84. The molecule has 1 aliphatic heterocycles. The maximum Gasteiger partial charge on any atom is 0.356 e. The Hall–Kier alpha value is -1.36. The average molecular weight is 209 g/mol. The fourth-order valence-corrected chi connectivity index (χ4v) is 1.90. The fraction of sp³-hybridized carbons (Fsp3) is 0.600. The molecule has 2 rings (SSSR count). The van der Waals surface area contributed by atoms with Crippen LogP contribution in [0, 0.1) is 0 Å². The van der Waals surface area contributed by atoms with Crippen LogP contribution in [0.1, 0.15) is 29.2 Å². The molecule has 0 atom stereocenters. The molecule has 5 nitrogen and oxygen atoms in total. The standard InChI is InChI=1S/C10H15N3O2/c1-12-6-8(10(14)15)11-9(12)7-13-4-2-3-5-13/h6H,2-5,7H2,1H3,(H,14,15). The van der Waals surface area contributed by atoms with Crippen molar-refractivity contribution in [2.45, 2.75) is 19.4 Å². The summed E-state index contributed by atoms with van der Waals surface area (Å²) in [5.41, 5.74) is 0.131. The monoisotopic (exact) mass is 209 g/mol. The van der Waals surface area contributed by atoms with E-state index in [0.717, 1.165) is 25.5 Å². The van der Waals surface area contributed by atoms with Crippen molar-refractivity contribution < 1.29 is 9.90 Å². The smallest absolute Gasteiger partial charge is 0.356 e. The number of carboxylic acid groups (broad SMARTS) is 1. The van der Waals surface area contributed by atoms with Gasteiger partial charge in [0.15, 0.2) is 5.69 Å². The van der Waals surface area contributed by atoms with E-state index in [1.54, 1.807) is 10.8 Å². The van der Waals surface area contributed by atoms with Crippen LogP contribution in [0.4, 0.5) is 0 Å². The molecule has 1 N–H and O–H groups in total. The zero-order chi connectivity index (χ0) is 10.8. The highest BCUT2D eigenvalue weighted by Crippen LogP contribution is 2.12. The number of hydrogen-bond acceptors (Lipinski definition) is 3. The van der Waals surface area contributed by atoms with Crippen molar-refractivity contribution >= 4 is 5.97 Å². The lowest BCUT2D eigenvalue weighted by Gasteiger charge is -2.13. The third-order valence-corrected chi connectivity index (χ3v) is 2.76. The molecule has 0 unspecified atom stereocenters. The first-order valence-electron chi connectivity index (χ1n) is 5.14. The Morgan fingerprint density at radius 2 is 2.20 bits per heavy atom. The number of aromatic nitrogens is 2. The van der Waals surface area contributed by atoms with Crippen LogP contribution >= 0.6 is 0 Å². The number of imidazole rings is 1. The Kier molecular flexibility index (Phi) is 2.73. The minimum atomic E-state index is -0.960. The number of carbonyl (C=O) groups is 1. The molecule has 0 aromatic carbocycles. The number of carboxylic acids is 1. The van der Waals surface area contributed by atoms with Crippen molar-refractivity contribution in [1.29, 1.82) is 0 Å². The average Bonchev–Trinajstić information content (AvgIpc) is 2.77. The fourth-order valence-electron chi connectivity index (χ4n) is 1.90. The van der Waals surface area contributed by atoms with Crippen molar-refractivity contribution in [2.75, 3.05) is 13.1 Å². The molecule has 1 aromatic heterocycles. The SMILES string of the molecule is Cn1cc(C(=O)O)nc1CN1CCCC1. The van der Waals surface area contributed by atoms with Gasteiger partial charge in [0.1, 0.15) is 5.82 Å². The van der Waals surface area contributed by atoms with Gasteiger partial charge in [0, 0.05) is 13.2 Å². The van der Waals surface area contributed by atoms with E-state index in [0.29, 0.717) is 0 Å². The van der Waals surface area contributed by atoms with Crippen LogP contribution in [-0.2, 0) is 13.6 Å². The normalized spacial score (nSPS) is 17.1. The van der Waals surface area contributed by atoms with Crippen molar-refractivity contribution in [1.82, 2.24) is 14.5 Å². The highest BCUT2D eigenvalue weighted by molar-refractivity contribution is 5.85. The summed E-state index contributed by atoms with van der Waals surface area (Å²) < 4.78 is 1.79. The van der Waals surface area contributed by atoms with Crippen LogP contribution in [0.25, 0.3) is 0 Å². The summed E-state index contributed by atoms with van der Waals surface area (Å²) in [5.74, 6) is -0.132. The molecule has 0 amide bonds. The van der Waals surface area contributed by atoms with E-state index < -0.39 is 5.97 Å². The molecular weight excluding hydrogens is 194 g/mol. The van der Waals surface area contributed by atoms with E-state index in [2.05, 4.69) is 9.88 Å². The molecule has 0 aliphatic carbocycles. The first-order chi connectivity index (χ1) is 7.16. The Bertz CT molecular complexity index is 367. The molecule has 0 bridgehead atoms. The number of hydrogen-bond donors (Lipinski definition) is 1. The second-order valence-corrected chi connectivity index (χ2v) is 3.94. The molecule has 1 fully saturated rings. The predicted molar refractivity (Wildman–Crippen MR) is 54.7 cm³/mol. The minimum absolute atomic E-state index is 0.131. The molecule has 0 radical (unpaired) electrons. The Balaban J connectivity index is 2.10. The second-order valence-electron chi connectivity index (χ2n) is 3.94. The molecule has 1 aliphatic rings. The van der Waals surface area contributed by atoms with Gasteiger partial charge >= 0.3 is 5.97 Å². The van der Waals surface area contributed by atoms with E-state index in [1.807, 2.05) is 7.05 Å². The van der Waals surface area contributed by atoms with Gasteiger partial charge < -0.3 is 9.67 Å². The summed E-state index contributed by atoms with van der Waals surface area (Å²) in [4.78, 5) is 17.1. The van der Waals surface area contributed by atoms with Crippen molar-refractivity contribution in [2.24, 2.45) is 7.05 Å². The van der Waals surface area contributed by atoms with Gasteiger partial charge in [-0.3, -0.25) is 4.90 Å². The van der Waals surface area contributed by atoms with E-state index in [-0.39, 0.29) is 5.69 Å². The number of likely N-dealkylation sites (tertiary alicyclic amines) is 1. The van der Waals surface area contributed by atoms with Gasteiger partial charge in [0.25, 0.3) is 0 Å². The summed E-state index contributed by atoms with van der Waals surface area (Å²) >= 11 is 0. The molecule has 15 heavy (non-hydrogen) atoms. The summed E-state index contributed by atoms with van der Waals surface area (Å²) in [6.45, 7) is 2.94. The Morgan fingerprint density at radius 1 is 1.53 bits per heavy atom. The third-order valence-electron chi connectivity index (χ3n) is 2.76. The number of aromatic carboxylic acids is 1. The van der Waals surface area contributed by atoms with Gasteiger partial charge in [-0.25, -0.2) is 9.78 Å².